The fraction of sp³-hybridized carbons (Fsp3) is 0.625. The van der Waals surface area contributed by atoms with Crippen LogP contribution < -0.4 is 15.8 Å². The number of nitrogen functional groups attached to an aromatic ring is 1. The van der Waals surface area contributed by atoms with Crippen LogP contribution in [0.3, 0.4) is 0 Å². The van der Waals surface area contributed by atoms with Gasteiger partial charge in [-0.15, -0.1) is 0 Å². The highest BCUT2D eigenvalue weighted by Crippen LogP contribution is 2.25. The highest BCUT2D eigenvalue weighted by Gasteiger charge is 2.07. The fourth-order valence-electron chi connectivity index (χ4n) is 2.30. The maximum atomic E-state index is 6.01. The Balaban J connectivity index is 2.40. The van der Waals surface area contributed by atoms with Crippen molar-refractivity contribution in [3.8, 4) is 5.75 Å². The molecule has 1 aromatic carbocycles. The quantitative estimate of drug-likeness (QED) is 0.682. The van der Waals surface area contributed by atoms with Gasteiger partial charge < -0.3 is 20.7 Å². The van der Waals surface area contributed by atoms with Gasteiger partial charge in [-0.05, 0) is 51.5 Å². The SMILES string of the molecule is CCN(CC)CCCC(C)Nc1ccc(OC)cc1N. The molecule has 114 valence electrons. The number of anilines is 2. The molecule has 0 saturated heterocycles. The number of benzene rings is 1. The van der Waals surface area contributed by atoms with E-state index < -0.39 is 0 Å². The molecular formula is C16H29N3O. The van der Waals surface area contributed by atoms with E-state index in [2.05, 4.69) is 31.0 Å². The standard InChI is InChI=1S/C16H29N3O/c1-5-19(6-2)11-7-8-13(3)18-16-10-9-14(20-4)12-15(16)17/h9-10,12-13,18H,5-8,11,17H2,1-4H3. The van der Waals surface area contributed by atoms with Crippen molar-refractivity contribution in [3.05, 3.63) is 18.2 Å². The first kappa shape index (κ1) is 16.6. The third-order valence-electron chi connectivity index (χ3n) is 3.67. The van der Waals surface area contributed by atoms with E-state index in [0.717, 1.165) is 43.2 Å². The smallest absolute Gasteiger partial charge is 0.121 e. The first-order valence-corrected chi connectivity index (χ1v) is 7.53. The second-order valence-corrected chi connectivity index (χ2v) is 5.17. The Morgan fingerprint density at radius 3 is 2.55 bits per heavy atom. The van der Waals surface area contributed by atoms with E-state index in [-0.39, 0.29) is 0 Å². The predicted molar refractivity (Wildman–Crippen MR) is 87.5 cm³/mol. The molecule has 1 unspecified atom stereocenters. The van der Waals surface area contributed by atoms with Crippen LogP contribution in [0.2, 0.25) is 0 Å². The molecule has 1 rings (SSSR count). The molecule has 0 saturated carbocycles. The first-order chi connectivity index (χ1) is 9.60. The van der Waals surface area contributed by atoms with Crippen LogP contribution in [-0.4, -0.2) is 37.7 Å². The molecule has 0 spiro atoms. The third-order valence-corrected chi connectivity index (χ3v) is 3.67. The molecule has 0 aromatic heterocycles. The molecule has 0 radical (unpaired) electrons. The van der Waals surface area contributed by atoms with Crippen LogP contribution in [0.25, 0.3) is 0 Å². The van der Waals surface area contributed by atoms with E-state index in [1.165, 1.54) is 6.42 Å². The van der Waals surface area contributed by atoms with Crippen LogP contribution in [0.1, 0.15) is 33.6 Å². The Bertz CT molecular complexity index is 391. The molecule has 1 atom stereocenters. The summed E-state index contributed by atoms with van der Waals surface area (Å²) < 4.78 is 5.16. The van der Waals surface area contributed by atoms with Gasteiger partial charge >= 0.3 is 0 Å². The van der Waals surface area contributed by atoms with E-state index in [9.17, 15) is 0 Å². The summed E-state index contributed by atoms with van der Waals surface area (Å²) in [7, 11) is 1.65. The maximum absolute atomic E-state index is 6.01. The van der Waals surface area contributed by atoms with Gasteiger partial charge in [0.15, 0.2) is 0 Å². The molecule has 0 aliphatic carbocycles. The predicted octanol–water partition coefficient (Wildman–Crippen LogP) is 3.20. The zero-order valence-corrected chi connectivity index (χ0v) is 13.3. The number of rotatable bonds is 9. The lowest BCUT2D eigenvalue weighted by atomic mass is 10.1. The van der Waals surface area contributed by atoms with Gasteiger partial charge in [-0.1, -0.05) is 13.8 Å². The third kappa shape index (κ3) is 5.29. The van der Waals surface area contributed by atoms with Crippen molar-refractivity contribution in [2.45, 2.75) is 39.7 Å². The Kier molecular flexibility index (Phi) is 7.23. The van der Waals surface area contributed by atoms with Crippen molar-refractivity contribution in [2.75, 3.05) is 37.8 Å². The molecule has 1 aromatic rings. The first-order valence-electron chi connectivity index (χ1n) is 7.53. The van der Waals surface area contributed by atoms with Gasteiger partial charge in [0.05, 0.1) is 18.5 Å². The Labute approximate surface area is 123 Å². The summed E-state index contributed by atoms with van der Waals surface area (Å²) in [5.74, 6) is 0.794. The van der Waals surface area contributed by atoms with Gasteiger partial charge in [0, 0.05) is 12.1 Å². The number of nitrogens with one attached hydrogen (secondary N) is 1. The maximum Gasteiger partial charge on any atom is 0.121 e. The van der Waals surface area contributed by atoms with Crippen molar-refractivity contribution in [2.24, 2.45) is 0 Å². The number of hydrogen-bond acceptors (Lipinski definition) is 4. The zero-order chi connectivity index (χ0) is 15.0. The fourth-order valence-corrected chi connectivity index (χ4v) is 2.30. The van der Waals surface area contributed by atoms with Gasteiger partial charge in [0.25, 0.3) is 0 Å². The van der Waals surface area contributed by atoms with E-state index >= 15 is 0 Å². The van der Waals surface area contributed by atoms with Gasteiger partial charge in [-0.2, -0.15) is 0 Å². The Morgan fingerprint density at radius 1 is 1.30 bits per heavy atom. The minimum absolute atomic E-state index is 0.418. The van der Waals surface area contributed by atoms with Gasteiger partial charge in [-0.25, -0.2) is 0 Å². The number of methoxy groups -OCH3 is 1. The number of nitrogens with zero attached hydrogens (tertiary/aromatic N) is 1. The van der Waals surface area contributed by atoms with Crippen LogP contribution >= 0.6 is 0 Å². The average molecular weight is 279 g/mol. The molecule has 0 aliphatic rings. The van der Waals surface area contributed by atoms with Crippen molar-refractivity contribution in [1.82, 2.24) is 4.90 Å². The van der Waals surface area contributed by atoms with Crippen LogP contribution in [0.5, 0.6) is 5.75 Å². The van der Waals surface area contributed by atoms with Crippen LogP contribution in [0.15, 0.2) is 18.2 Å². The van der Waals surface area contributed by atoms with E-state index in [0.29, 0.717) is 6.04 Å². The molecule has 4 nitrogen and oxygen atoms in total. The monoisotopic (exact) mass is 279 g/mol. The Hall–Kier alpha value is -1.42. The highest BCUT2D eigenvalue weighted by atomic mass is 16.5. The Morgan fingerprint density at radius 2 is 2.00 bits per heavy atom. The summed E-state index contributed by atoms with van der Waals surface area (Å²) in [5, 5.41) is 3.47. The lowest BCUT2D eigenvalue weighted by Crippen LogP contribution is -2.25. The van der Waals surface area contributed by atoms with Gasteiger partial charge in [0.2, 0.25) is 0 Å². The normalized spacial score (nSPS) is 12.4. The van der Waals surface area contributed by atoms with E-state index in [4.69, 9.17) is 10.5 Å². The van der Waals surface area contributed by atoms with Crippen molar-refractivity contribution in [3.63, 3.8) is 0 Å². The summed E-state index contributed by atoms with van der Waals surface area (Å²) >= 11 is 0. The number of nitrogens with two attached hydrogens (primary N) is 1. The molecule has 0 aliphatic heterocycles. The molecular weight excluding hydrogens is 250 g/mol. The lowest BCUT2D eigenvalue weighted by Gasteiger charge is -2.21. The molecule has 0 amide bonds. The second kappa shape index (κ2) is 8.69. The summed E-state index contributed by atoms with van der Waals surface area (Å²) in [6.07, 6.45) is 2.34. The molecule has 3 N–H and O–H groups in total. The van der Waals surface area contributed by atoms with E-state index in [1.807, 2.05) is 18.2 Å². The van der Waals surface area contributed by atoms with Crippen molar-refractivity contribution in [1.29, 1.82) is 0 Å². The molecule has 4 heteroatoms. The van der Waals surface area contributed by atoms with Crippen molar-refractivity contribution < 1.29 is 4.74 Å². The molecule has 0 heterocycles. The minimum Gasteiger partial charge on any atom is -0.497 e. The summed E-state index contributed by atoms with van der Waals surface area (Å²) in [6.45, 7) is 10.0. The van der Waals surface area contributed by atoms with Crippen LogP contribution in [-0.2, 0) is 0 Å². The lowest BCUT2D eigenvalue weighted by molar-refractivity contribution is 0.295. The summed E-state index contributed by atoms with van der Waals surface area (Å²) in [6, 6.07) is 6.18. The number of hydrogen-bond donors (Lipinski definition) is 2. The molecule has 20 heavy (non-hydrogen) atoms. The van der Waals surface area contributed by atoms with Crippen LogP contribution in [0.4, 0.5) is 11.4 Å². The zero-order valence-electron chi connectivity index (χ0n) is 13.3. The average Bonchev–Trinajstić information content (AvgIpc) is 2.45. The van der Waals surface area contributed by atoms with E-state index in [1.54, 1.807) is 7.11 Å². The molecule has 0 fully saturated rings. The topological polar surface area (TPSA) is 50.5 Å². The summed E-state index contributed by atoms with van der Waals surface area (Å²) in [4.78, 5) is 2.45. The largest absolute Gasteiger partial charge is 0.497 e. The second-order valence-electron chi connectivity index (χ2n) is 5.17. The van der Waals surface area contributed by atoms with Crippen LogP contribution in [0, 0.1) is 0 Å². The molecule has 0 bridgehead atoms. The highest BCUT2D eigenvalue weighted by molar-refractivity contribution is 5.68. The van der Waals surface area contributed by atoms with Gasteiger partial charge in [0.1, 0.15) is 5.75 Å². The summed E-state index contributed by atoms with van der Waals surface area (Å²) in [5.41, 5.74) is 7.74. The minimum atomic E-state index is 0.418. The number of ether oxygens (including phenoxy) is 1. The van der Waals surface area contributed by atoms with Gasteiger partial charge in [-0.3, -0.25) is 0 Å². The van der Waals surface area contributed by atoms with Crippen molar-refractivity contribution >= 4 is 11.4 Å².